The Kier molecular flexibility index (Phi) is 7.47. The maximum Gasteiger partial charge on any atom is 0.272 e. The number of piperazine rings is 1. The molecule has 1 aromatic carbocycles. The van der Waals surface area contributed by atoms with Crippen LogP contribution in [0, 0.1) is 0 Å². The average molecular weight is 472 g/mol. The van der Waals surface area contributed by atoms with E-state index < -0.39 is 6.10 Å². The van der Waals surface area contributed by atoms with E-state index in [0.717, 1.165) is 55.7 Å². The maximum absolute atomic E-state index is 13.0. The monoisotopic (exact) mass is 471 g/mol. The maximum atomic E-state index is 13.0. The summed E-state index contributed by atoms with van der Waals surface area (Å²) in [5, 5.41) is 14.3. The van der Waals surface area contributed by atoms with E-state index in [1.807, 2.05) is 78.0 Å². The van der Waals surface area contributed by atoms with Crippen molar-refractivity contribution in [1.82, 2.24) is 25.1 Å². The first-order valence-electron chi connectivity index (χ1n) is 12.5. The number of amides is 1. The van der Waals surface area contributed by atoms with Crippen LogP contribution in [0.3, 0.4) is 0 Å². The first kappa shape index (κ1) is 23.6. The molecule has 4 heterocycles. The third kappa shape index (κ3) is 5.93. The van der Waals surface area contributed by atoms with Crippen molar-refractivity contribution in [2.75, 3.05) is 26.2 Å². The smallest absolute Gasteiger partial charge is 0.272 e. The van der Waals surface area contributed by atoms with Gasteiger partial charge in [-0.05, 0) is 48.6 Å². The minimum Gasteiger partial charge on any atom is -0.387 e. The number of aliphatic hydroxyl groups excluding tert-OH is 1. The lowest BCUT2D eigenvalue weighted by Crippen LogP contribution is -2.48. The largest absolute Gasteiger partial charge is 0.387 e. The fraction of sp³-hybridized carbons (Fsp3) is 0.393. The Bertz CT molecular complexity index is 1090. The van der Waals surface area contributed by atoms with Crippen LogP contribution < -0.4 is 5.32 Å². The van der Waals surface area contributed by atoms with Crippen molar-refractivity contribution < 1.29 is 9.90 Å². The molecule has 35 heavy (non-hydrogen) atoms. The molecule has 1 amide bonds. The van der Waals surface area contributed by atoms with Gasteiger partial charge in [0.1, 0.15) is 5.69 Å². The highest BCUT2D eigenvalue weighted by Gasteiger charge is 2.30. The predicted molar refractivity (Wildman–Crippen MR) is 135 cm³/mol. The summed E-state index contributed by atoms with van der Waals surface area (Å²) in [6, 6.07) is 20.0. The molecule has 2 aromatic heterocycles. The molecule has 2 fully saturated rings. The van der Waals surface area contributed by atoms with Gasteiger partial charge in [-0.3, -0.25) is 19.7 Å². The molecule has 0 aliphatic carbocycles. The standard InChI is InChI=1S/C28H33N5O2/c34-27(22-6-2-1-3-7-22)25-12-10-23(31-25)18-21-9-11-26(30-19-21)28(35)33-16-14-32(15-17-33)20-24-8-4-5-13-29-24/h1-9,11,13,19,23,25,27,31,34H,10,12,14-18,20H2. The van der Waals surface area contributed by atoms with Crippen LogP contribution in [0.15, 0.2) is 73.1 Å². The van der Waals surface area contributed by atoms with Crippen LogP contribution in [0.1, 0.15) is 46.3 Å². The van der Waals surface area contributed by atoms with Gasteiger partial charge in [0.15, 0.2) is 0 Å². The van der Waals surface area contributed by atoms with E-state index in [1.54, 1.807) is 0 Å². The van der Waals surface area contributed by atoms with Crippen LogP contribution in [0.5, 0.6) is 0 Å². The summed E-state index contributed by atoms with van der Waals surface area (Å²) in [7, 11) is 0. The van der Waals surface area contributed by atoms with Crippen molar-refractivity contribution in [1.29, 1.82) is 0 Å². The second-order valence-corrected chi connectivity index (χ2v) is 9.55. The summed E-state index contributed by atoms with van der Waals surface area (Å²) in [6.07, 6.45) is 5.94. The summed E-state index contributed by atoms with van der Waals surface area (Å²) in [6.45, 7) is 3.89. The third-order valence-corrected chi connectivity index (χ3v) is 7.10. The molecule has 7 nitrogen and oxygen atoms in total. The van der Waals surface area contributed by atoms with Gasteiger partial charge < -0.3 is 15.3 Å². The molecule has 3 aromatic rings. The Morgan fingerprint density at radius 2 is 1.77 bits per heavy atom. The molecule has 0 radical (unpaired) electrons. The quantitative estimate of drug-likeness (QED) is 0.552. The van der Waals surface area contributed by atoms with Gasteiger partial charge in [-0.15, -0.1) is 0 Å². The number of hydrogen-bond acceptors (Lipinski definition) is 6. The number of benzene rings is 1. The van der Waals surface area contributed by atoms with Gasteiger partial charge >= 0.3 is 0 Å². The van der Waals surface area contributed by atoms with Gasteiger partial charge in [-0.25, -0.2) is 0 Å². The van der Waals surface area contributed by atoms with Crippen LogP contribution in [-0.2, 0) is 13.0 Å². The molecule has 7 heteroatoms. The minimum atomic E-state index is -0.497. The highest BCUT2D eigenvalue weighted by Crippen LogP contribution is 2.26. The van der Waals surface area contributed by atoms with E-state index in [0.29, 0.717) is 24.8 Å². The predicted octanol–water partition coefficient (Wildman–Crippen LogP) is 2.83. The van der Waals surface area contributed by atoms with Crippen molar-refractivity contribution in [2.45, 2.75) is 44.0 Å². The highest BCUT2D eigenvalue weighted by atomic mass is 16.3. The Balaban J connectivity index is 1.10. The molecular formula is C28H33N5O2. The second kappa shape index (κ2) is 11.1. The van der Waals surface area contributed by atoms with Crippen LogP contribution in [-0.4, -0.2) is 69.0 Å². The normalized spacial score (nSPS) is 21.7. The average Bonchev–Trinajstić information content (AvgIpc) is 3.38. The van der Waals surface area contributed by atoms with E-state index in [9.17, 15) is 9.90 Å². The van der Waals surface area contributed by atoms with E-state index in [2.05, 4.69) is 20.2 Å². The molecule has 5 rings (SSSR count). The zero-order valence-corrected chi connectivity index (χ0v) is 20.0. The zero-order chi connectivity index (χ0) is 24.0. The molecule has 0 saturated carbocycles. The molecule has 2 N–H and O–H groups in total. The number of aromatic nitrogens is 2. The topological polar surface area (TPSA) is 81.6 Å². The van der Waals surface area contributed by atoms with Gasteiger partial charge in [0.25, 0.3) is 5.91 Å². The van der Waals surface area contributed by atoms with E-state index >= 15 is 0 Å². The SMILES string of the molecule is O=C(c1ccc(CC2CCC(C(O)c3ccccc3)N2)cn1)N1CCN(Cc2ccccn2)CC1. The number of aliphatic hydroxyl groups is 1. The fourth-order valence-corrected chi connectivity index (χ4v) is 5.09. The lowest BCUT2D eigenvalue weighted by atomic mass is 10.0. The Morgan fingerprint density at radius 1 is 0.971 bits per heavy atom. The van der Waals surface area contributed by atoms with E-state index in [4.69, 9.17) is 0 Å². The summed E-state index contributed by atoms with van der Waals surface area (Å²) in [5.41, 5.74) is 3.62. The molecule has 0 bridgehead atoms. The van der Waals surface area contributed by atoms with Crippen LogP contribution >= 0.6 is 0 Å². The summed E-state index contributed by atoms with van der Waals surface area (Å²) < 4.78 is 0. The van der Waals surface area contributed by atoms with Crippen molar-refractivity contribution >= 4 is 5.91 Å². The number of nitrogens with one attached hydrogen (secondary N) is 1. The van der Waals surface area contributed by atoms with Crippen molar-refractivity contribution in [2.24, 2.45) is 0 Å². The number of rotatable bonds is 7. The van der Waals surface area contributed by atoms with Crippen LogP contribution in [0.25, 0.3) is 0 Å². The summed E-state index contributed by atoms with van der Waals surface area (Å²) in [4.78, 5) is 26.1. The number of carbonyl (C=O) groups is 1. The summed E-state index contributed by atoms with van der Waals surface area (Å²) in [5.74, 6) is -0.000857. The highest BCUT2D eigenvalue weighted by molar-refractivity contribution is 5.92. The Morgan fingerprint density at radius 3 is 2.49 bits per heavy atom. The van der Waals surface area contributed by atoms with Gasteiger partial charge in [0.2, 0.25) is 0 Å². The molecular weight excluding hydrogens is 438 g/mol. The second-order valence-electron chi connectivity index (χ2n) is 9.55. The Labute approximate surface area is 206 Å². The first-order chi connectivity index (χ1) is 17.2. The van der Waals surface area contributed by atoms with E-state index in [1.165, 1.54) is 0 Å². The van der Waals surface area contributed by atoms with E-state index in [-0.39, 0.29) is 11.9 Å². The number of pyridine rings is 2. The molecule has 3 atom stereocenters. The minimum absolute atomic E-state index is 0.000857. The van der Waals surface area contributed by atoms with Crippen LogP contribution in [0.2, 0.25) is 0 Å². The molecule has 3 unspecified atom stereocenters. The van der Waals surface area contributed by atoms with Gasteiger partial charge in [0.05, 0.1) is 11.8 Å². The lowest BCUT2D eigenvalue weighted by molar-refractivity contribution is 0.0621. The lowest BCUT2D eigenvalue weighted by Gasteiger charge is -2.34. The third-order valence-electron chi connectivity index (χ3n) is 7.10. The van der Waals surface area contributed by atoms with Gasteiger partial charge in [-0.2, -0.15) is 0 Å². The summed E-state index contributed by atoms with van der Waals surface area (Å²) >= 11 is 0. The van der Waals surface area contributed by atoms with Crippen molar-refractivity contribution in [3.8, 4) is 0 Å². The zero-order valence-electron chi connectivity index (χ0n) is 20.0. The van der Waals surface area contributed by atoms with Crippen molar-refractivity contribution in [3.05, 3.63) is 95.6 Å². The Hall–Kier alpha value is -3.13. The molecule has 182 valence electrons. The molecule has 2 aliphatic rings. The number of carbonyl (C=O) groups excluding carboxylic acids is 1. The van der Waals surface area contributed by atoms with Gasteiger partial charge in [-0.1, -0.05) is 42.5 Å². The van der Waals surface area contributed by atoms with Crippen molar-refractivity contribution in [3.63, 3.8) is 0 Å². The number of nitrogens with zero attached hydrogens (tertiary/aromatic N) is 4. The molecule has 0 spiro atoms. The molecule has 2 aliphatic heterocycles. The molecule has 2 saturated heterocycles. The van der Waals surface area contributed by atoms with Gasteiger partial charge in [0, 0.05) is 57.2 Å². The first-order valence-corrected chi connectivity index (χ1v) is 12.5. The fourth-order valence-electron chi connectivity index (χ4n) is 5.09. The number of hydrogen-bond donors (Lipinski definition) is 2. The van der Waals surface area contributed by atoms with Crippen LogP contribution in [0.4, 0.5) is 0 Å².